The largest absolute Gasteiger partial charge is 0.488 e. The first-order valence-electron chi connectivity index (χ1n) is 9.57. The Labute approximate surface area is 166 Å². The molecule has 0 aliphatic heterocycles. The third kappa shape index (κ3) is 4.17. The molecular weight excluding hydrogens is 344 g/mol. The van der Waals surface area contributed by atoms with Gasteiger partial charge in [0.15, 0.2) is 0 Å². The highest BCUT2D eigenvalue weighted by molar-refractivity contribution is 5.93. The minimum absolute atomic E-state index is 0.551. The molecule has 140 valence electrons. The molecule has 0 fully saturated rings. The van der Waals surface area contributed by atoms with E-state index in [0.717, 1.165) is 22.3 Å². The molecule has 0 spiro atoms. The summed E-state index contributed by atoms with van der Waals surface area (Å²) in [5, 5.41) is 2.13. The van der Waals surface area contributed by atoms with E-state index in [-0.39, 0.29) is 0 Å². The van der Waals surface area contributed by atoms with Gasteiger partial charge in [-0.1, -0.05) is 83.9 Å². The van der Waals surface area contributed by atoms with E-state index in [9.17, 15) is 0 Å². The fourth-order valence-electron chi connectivity index (χ4n) is 3.43. The molecule has 0 aromatic heterocycles. The van der Waals surface area contributed by atoms with Gasteiger partial charge in [0.1, 0.15) is 24.7 Å². The van der Waals surface area contributed by atoms with Crippen molar-refractivity contribution in [1.82, 2.24) is 0 Å². The first-order valence-corrected chi connectivity index (χ1v) is 9.57. The Morgan fingerprint density at radius 3 is 1.39 bits per heavy atom. The van der Waals surface area contributed by atoms with Crippen LogP contribution in [0.2, 0.25) is 0 Å². The maximum Gasteiger partial charge on any atom is 0.127 e. The van der Waals surface area contributed by atoms with Crippen LogP contribution in [-0.4, -0.2) is 0 Å². The SMILES string of the molecule is Cc1cccc(COc2cccc3c(OCc4cccc(C)c4)cccc23)c1. The normalized spacial score (nSPS) is 10.8. The van der Waals surface area contributed by atoms with E-state index in [1.165, 1.54) is 22.3 Å². The van der Waals surface area contributed by atoms with E-state index in [4.69, 9.17) is 9.47 Å². The Kier molecular flexibility index (Phi) is 5.29. The molecular formula is C26H24O2. The molecule has 0 saturated heterocycles. The molecule has 4 aromatic carbocycles. The fraction of sp³-hybridized carbons (Fsp3) is 0.154. The Bertz CT molecular complexity index is 1010. The Morgan fingerprint density at radius 1 is 0.536 bits per heavy atom. The van der Waals surface area contributed by atoms with Gasteiger partial charge in [0.2, 0.25) is 0 Å². The fourth-order valence-corrected chi connectivity index (χ4v) is 3.43. The molecule has 0 aliphatic rings. The number of benzene rings is 4. The maximum absolute atomic E-state index is 6.14. The molecule has 2 nitrogen and oxygen atoms in total. The topological polar surface area (TPSA) is 18.5 Å². The van der Waals surface area contributed by atoms with Crippen molar-refractivity contribution in [2.75, 3.05) is 0 Å². The molecule has 0 aliphatic carbocycles. The number of aryl methyl sites for hydroxylation is 2. The minimum atomic E-state index is 0.551. The predicted molar refractivity (Wildman–Crippen MR) is 115 cm³/mol. The van der Waals surface area contributed by atoms with Gasteiger partial charge < -0.3 is 9.47 Å². The van der Waals surface area contributed by atoms with E-state index >= 15 is 0 Å². The summed E-state index contributed by atoms with van der Waals surface area (Å²) in [6, 6.07) is 29.1. The molecule has 2 heteroatoms. The van der Waals surface area contributed by atoms with Crippen LogP contribution in [0.1, 0.15) is 22.3 Å². The predicted octanol–water partition coefficient (Wildman–Crippen LogP) is 6.61. The van der Waals surface area contributed by atoms with Crippen LogP contribution in [0.15, 0.2) is 84.9 Å². The lowest BCUT2D eigenvalue weighted by molar-refractivity contribution is 0.306. The van der Waals surface area contributed by atoms with Gasteiger partial charge in [0.25, 0.3) is 0 Å². The van der Waals surface area contributed by atoms with E-state index < -0.39 is 0 Å². The molecule has 4 rings (SSSR count). The highest BCUT2D eigenvalue weighted by atomic mass is 16.5. The molecule has 0 heterocycles. The van der Waals surface area contributed by atoms with E-state index in [1.54, 1.807) is 0 Å². The van der Waals surface area contributed by atoms with Crippen LogP contribution in [0.4, 0.5) is 0 Å². The van der Waals surface area contributed by atoms with Crippen LogP contribution < -0.4 is 9.47 Å². The molecule has 0 saturated carbocycles. The van der Waals surface area contributed by atoms with E-state index in [1.807, 2.05) is 24.3 Å². The molecule has 28 heavy (non-hydrogen) atoms. The minimum Gasteiger partial charge on any atom is -0.488 e. The van der Waals surface area contributed by atoms with Crippen LogP contribution in [-0.2, 0) is 13.2 Å². The van der Waals surface area contributed by atoms with Gasteiger partial charge in [-0.05, 0) is 37.1 Å². The second kappa shape index (κ2) is 8.18. The Hall–Kier alpha value is -3.26. The molecule has 0 amide bonds. The molecule has 0 radical (unpaired) electrons. The summed E-state index contributed by atoms with van der Waals surface area (Å²) in [6.07, 6.45) is 0. The van der Waals surface area contributed by atoms with Crippen molar-refractivity contribution in [2.45, 2.75) is 27.1 Å². The smallest absolute Gasteiger partial charge is 0.127 e. The number of hydrogen-bond donors (Lipinski definition) is 0. The molecule has 0 unspecified atom stereocenters. The van der Waals surface area contributed by atoms with Gasteiger partial charge >= 0.3 is 0 Å². The first-order chi connectivity index (χ1) is 13.7. The van der Waals surface area contributed by atoms with Crippen LogP contribution >= 0.6 is 0 Å². The molecule has 0 bridgehead atoms. The molecule has 0 N–H and O–H groups in total. The van der Waals surface area contributed by atoms with Gasteiger partial charge in [0.05, 0.1) is 0 Å². The number of ether oxygens (including phenoxy) is 2. The monoisotopic (exact) mass is 368 g/mol. The van der Waals surface area contributed by atoms with E-state index in [2.05, 4.69) is 74.5 Å². The summed E-state index contributed by atoms with van der Waals surface area (Å²) < 4.78 is 12.3. The summed E-state index contributed by atoms with van der Waals surface area (Å²) in [7, 11) is 0. The highest BCUT2D eigenvalue weighted by Gasteiger charge is 2.08. The Balaban J connectivity index is 1.55. The zero-order valence-corrected chi connectivity index (χ0v) is 16.3. The summed E-state index contributed by atoms with van der Waals surface area (Å²) in [5.41, 5.74) is 4.82. The Morgan fingerprint density at radius 2 is 0.964 bits per heavy atom. The van der Waals surface area contributed by atoms with Crippen molar-refractivity contribution >= 4 is 10.8 Å². The van der Waals surface area contributed by atoms with Crippen molar-refractivity contribution < 1.29 is 9.47 Å². The van der Waals surface area contributed by atoms with Crippen LogP contribution in [0.5, 0.6) is 11.5 Å². The lowest BCUT2D eigenvalue weighted by Gasteiger charge is -2.13. The summed E-state index contributed by atoms with van der Waals surface area (Å²) in [5.74, 6) is 1.75. The van der Waals surface area contributed by atoms with E-state index in [0.29, 0.717) is 13.2 Å². The summed E-state index contributed by atoms with van der Waals surface area (Å²) in [4.78, 5) is 0. The van der Waals surface area contributed by atoms with Gasteiger partial charge in [-0.3, -0.25) is 0 Å². The summed E-state index contributed by atoms with van der Waals surface area (Å²) >= 11 is 0. The second-order valence-corrected chi connectivity index (χ2v) is 7.16. The zero-order chi connectivity index (χ0) is 19.3. The van der Waals surface area contributed by atoms with Gasteiger partial charge in [0, 0.05) is 10.8 Å². The second-order valence-electron chi connectivity index (χ2n) is 7.16. The van der Waals surface area contributed by atoms with Gasteiger partial charge in [-0.15, -0.1) is 0 Å². The van der Waals surface area contributed by atoms with Gasteiger partial charge in [-0.2, -0.15) is 0 Å². The third-order valence-corrected chi connectivity index (χ3v) is 4.80. The molecule has 4 aromatic rings. The number of fused-ring (bicyclic) bond motifs is 1. The summed E-state index contributed by atoms with van der Waals surface area (Å²) in [6.45, 7) is 5.29. The molecule has 0 atom stereocenters. The first kappa shape index (κ1) is 18.1. The quantitative estimate of drug-likeness (QED) is 0.381. The third-order valence-electron chi connectivity index (χ3n) is 4.80. The lowest BCUT2D eigenvalue weighted by atomic mass is 10.1. The van der Waals surface area contributed by atoms with Crippen molar-refractivity contribution in [3.63, 3.8) is 0 Å². The van der Waals surface area contributed by atoms with Crippen molar-refractivity contribution in [1.29, 1.82) is 0 Å². The number of rotatable bonds is 6. The standard InChI is InChI=1S/C26H24O2/c1-19-7-3-9-21(15-19)17-27-25-13-5-12-24-23(25)11-6-14-26(24)28-18-22-10-4-8-20(2)16-22/h3-16H,17-18H2,1-2H3. The maximum atomic E-state index is 6.14. The highest BCUT2D eigenvalue weighted by Crippen LogP contribution is 2.33. The van der Waals surface area contributed by atoms with Crippen molar-refractivity contribution in [3.8, 4) is 11.5 Å². The van der Waals surface area contributed by atoms with Crippen LogP contribution in [0.3, 0.4) is 0 Å². The van der Waals surface area contributed by atoms with Crippen molar-refractivity contribution in [2.24, 2.45) is 0 Å². The van der Waals surface area contributed by atoms with Crippen LogP contribution in [0, 0.1) is 13.8 Å². The zero-order valence-electron chi connectivity index (χ0n) is 16.3. The van der Waals surface area contributed by atoms with Crippen LogP contribution in [0.25, 0.3) is 10.8 Å². The van der Waals surface area contributed by atoms with Crippen molar-refractivity contribution in [3.05, 3.63) is 107 Å². The van der Waals surface area contributed by atoms with Gasteiger partial charge in [-0.25, -0.2) is 0 Å². The average Bonchev–Trinajstić information content (AvgIpc) is 2.71. The number of hydrogen-bond acceptors (Lipinski definition) is 2. The lowest BCUT2D eigenvalue weighted by Crippen LogP contribution is -1.98. The average molecular weight is 368 g/mol.